The molecule has 9 rings (SSSR count). The Kier molecular flexibility index (Phi) is 13.9. The van der Waals surface area contributed by atoms with Crippen molar-refractivity contribution in [3.8, 4) is 5.88 Å². The number of fused-ring (bicyclic) bond motifs is 2. The zero-order chi connectivity index (χ0) is 48.7. The average molecular weight is 999 g/mol. The van der Waals surface area contributed by atoms with Crippen molar-refractivity contribution < 1.29 is 27.4 Å². The molecule has 0 bridgehead atoms. The van der Waals surface area contributed by atoms with Gasteiger partial charge in [0.2, 0.25) is 5.88 Å². The first-order valence-corrected chi connectivity index (χ1v) is 27.7. The third-order valence-corrected chi connectivity index (χ3v) is 19.3. The maximum atomic E-state index is 14.5. The molecule has 3 aliphatic heterocycles. The number of halogens is 1. The summed E-state index contributed by atoms with van der Waals surface area (Å²) >= 11 is 6.28. The highest BCUT2D eigenvalue weighted by atomic mass is 35.5. The summed E-state index contributed by atoms with van der Waals surface area (Å²) in [5, 5.41) is 17.0. The van der Waals surface area contributed by atoms with Crippen LogP contribution < -0.4 is 24.6 Å². The van der Waals surface area contributed by atoms with Crippen molar-refractivity contribution in [3.63, 3.8) is 0 Å². The molecule has 0 atom stereocenters. The average Bonchev–Trinajstić information content (AvgIpc) is 3.69. The summed E-state index contributed by atoms with van der Waals surface area (Å²) in [6.45, 7) is 9.94. The van der Waals surface area contributed by atoms with Crippen LogP contribution in [-0.2, 0) is 14.6 Å². The molecule has 5 heterocycles. The van der Waals surface area contributed by atoms with Crippen LogP contribution in [0.2, 0.25) is 5.02 Å². The number of carbonyl (C=O) groups excluding carboxylic acids is 1. The summed E-state index contributed by atoms with van der Waals surface area (Å²) in [6.07, 6.45) is 8.15. The standard InChI is InChI=1S/C50H61ClN9O7PS/c1-50(2)18-14-37(42(31-50)35-6-8-38(51)9-7-35)33-57-21-23-58(24-22-57)39-10-12-41(44(29-39)59-20-5-25-67-49-46(59)28-36-15-19-52-47(36)54-49)48(61)55-69(65,66)40-11-13-43(45(30-40)60(62)63)53-32-34-16-26-68(64,27-17-34)56(3)4/h6-13,15,19,28-30,34,53H,5,14,16-18,20-27,31-33H2,1-4H3,(H,52,54)(H,55,61). The Morgan fingerprint density at radius 1 is 1.00 bits per heavy atom. The number of sulfonamides is 1. The van der Waals surface area contributed by atoms with E-state index >= 15 is 0 Å². The molecule has 69 heavy (non-hydrogen) atoms. The molecule has 1 amide bonds. The molecule has 5 aromatic rings. The molecule has 0 saturated carbocycles. The zero-order valence-corrected chi connectivity index (χ0v) is 42.1. The number of hydrogen-bond acceptors (Lipinski definition) is 12. The van der Waals surface area contributed by atoms with Gasteiger partial charge < -0.3 is 29.4 Å². The van der Waals surface area contributed by atoms with Crippen molar-refractivity contribution in [2.75, 3.05) is 94.0 Å². The fourth-order valence-electron chi connectivity index (χ4n) is 10.1. The van der Waals surface area contributed by atoms with E-state index in [1.165, 1.54) is 28.8 Å². The van der Waals surface area contributed by atoms with Gasteiger partial charge in [-0.25, -0.2) is 13.1 Å². The van der Waals surface area contributed by atoms with Gasteiger partial charge in [0, 0.05) is 86.5 Å². The number of amides is 1. The maximum absolute atomic E-state index is 14.5. The third-order valence-electron chi connectivity index (χ3n) is 14.4. The molecule has 19 heteroatoms. The van der Waals surface area contributed by atoms with Gasteiger partial charge in [-0.2, -0.15) is 4.98 Å². The smallest absolute Gasteiger partial charge is 0.293 e. The molecule has 0 unspecified atom stereocenters. The summed E-state index contributed by atoms with van der Waals surface area (Å²) < 4.78 is 51.4. The fourth-order valence-corrected chi connectivity index (χ4v) is 13.8. The van der Waals surface area contributed by atoms with Crippen molar-refractivity contribution in [1.29, 1.82) is 0 Å². The van der Waals surface area contributed by atoms with Crippen LogP contribution in [-0.4, -0.2) is 118 Å². The van der Waals surface area contributed by atoms with Crippen LogP contribution in [0.5, 0.6) is 5.88 Å². The van der Waals surface area contributed by atoms with Gasteiger partial charge in [-0.1, -0.05) is 43.2 Å². The lowest BCUT2D eigenvalue weighted by Crippen LogP contribution is -2.47. The van der Waals surface area contributed by atoms with Crippen molar-refractivity contribution >= 4 is 79.9 Å². The topological polar surface area (TPSA) is 186 Å². The third kappa shape index (κ3) is 10.7. The van der Waals surface area contributed by atoms with Crippen LogP contribution >= 0.6 is 18.9 Å². The molecule has 3 N–H and O–H groups in total. The molecule has 16 nitrogen and oxygen atoms in total. The number of allylic oxidation sites excluding steroid dienone is 1. The van der Waals surface area contributed by atoms with Crippen molar-refractivity contribution in [2.45, 2.75) is 57.3 Å². The molecule has 1 aliphatic carbocycles. The molecular formula is C50H61ClN9O7PS. The van der Waals surface area contributed by atoms with E-state index in [0.29, 0.717) is 74.2 Å². The van der Waals surface area contributed by atoms with E-state index in [2.05, 4.69) is 50.8 Å². The Morgan fingerprint density at radius 3 is 2.48 bits per heavy atom. The quantitative estimate of drug-likeness (QED) is 0.0576. The number of carbonyl (C=O) groups is 1. The first kappa shape index (κ1) is 48.6. The van der Waals surface area contributed by atoms with E-state index in [0.717, 1.165) is 74.1 Å². The lowest BCUT2D eigenvalue weighted by Gasteiger charge is -2.39. The Morgan fingerprint density at radius 2 is 1.75 bits per heavy atom. The SMILES string of the molecule is CN(C)P1(=O)CCC(CNc2ccc(S(=O)(=O)NC(=O)c3ccc(N4CCN(CC5=C(c6ccc(Cl)cc6)CC(C)(C)CC5)CC4)cc3N3CCCOc4nc5[nH]ccc5cc43)cc2[N+](=O)[O-])CC1. The molecule has 2 saturated heterocycles. The molecule has 0 spiro atoms. The predicted octanol–water partition coefficient (Wildman–Crippen LogP) is 9.61. The number of aromatic nitrogens is 2. The molecule has 3 aromatic carbocycles. The second-order valence-corrected chi connectivity index (χ2v) is 25.3. The van der Waals surface area contributed by atoms with Crippen LogP contribution in [0.3, 0.4) is 0 Å². The van der Waals surface area contributed by atoms with Gasteiger partial charge in [0.25, 0.3) is 21.6 Å². The molecule has 2 fully saturated rings. The summed E-state index contributed by atoms with van der Waals surface area (Å²) in [5.74, 6) is -0.350. The lowest BCUT2D eigenvalue weighted by atomic mass is 9.72. The number of pyridine rings is 1. The molecule has 4 aliphatic rings. The number of rotatable bonds is 13. The van der Waals surface area contributed by atoms with Crippen molar-refractivity contribution in [2.24, 2.45) is 11.3 Å². The largest absolute Gasteiger partial charge is 0.476 e. The van der Waals surface area contributed by atoms with Gasteiger partial charge in [-0.05, 0) is 130 Å². The van der Waals surface area contributed by atoms with Gasteiger partial charge in [0.05, 0.1) is 27.7 Å². The number of nitro groups is 1. The number of H-pyrrole nitrogens is 1. The van der Waals surface area contributed by atoms with E-state index in [9.17, 15) is 27.9 Å². The highest BCUT2D eigenvalue weighted by Crippen LogP contribution is 2.53. The summed E-state index contributed by atoms with van der Waals surface area (Å²) in [7, 11) is -3.34. The first-order valence-electron chi connectivity index (χ1n) is 23.8. The molecule has 0 radical (unpaired) electrons. The Bertz CT molecular complexity index is 2940. The maximum Gasteiger partial charge on any atom is 0.293 e. The highest BCUT2D eigenvalue weighted by Gasteiger charge is 2.34. The van der Waals surface area contributed by atoms with E-state index < -0.39 is 38.7 Å². The van der Waals surface area contributed by atoms with E-state index in [4.69, 9.17) is 21.3 Å². The highest BCUT2D eigenvalue weighted by molar-refractivity contribution is 7.90. The number of aromatic amines is 1. The zero-order valence-electron chi connectivity index (χ0n) is 39.7. The number of nitrogens with zero attached hydrogens (tertiary/aromatic N) is 6. The molecule has 2 aromatic heterocycles. The second-order valence-electron chi connectivity index (χ2n) is 19.8. The van der Waals surface area contributed by atoms with Gasteiger partial charge in [-0.3, -0.25) is 24.5 Å². The van der Waals surface area contributed by atoms with Gasteiger partial charge >= 0.3 is 0 Å². The molecule has 366 valence electrons. The lowest BCUT2D eigenvalue weighted by molar-refractivity contribution is -0.384. The normalized spacial score (nSPS) is 21.2. The van der Waals surface area contributed by atoms with Crippen LogP contribution in [0.4, 0.5) is 28.4 Å². The minimum absolute atomic E-state index is 0.101. The Balaban J connectivity index is 0.965. The number of nitrogens with one attached hydrogen (secondary N) is 3. The molecular weight excluding hydrogens is 937 g/mol. The number of benzene rings is 3. The number of piperazine rings is 1. The van der Waals surface area contributed by atoms with E-state index in [-0.39, 0.29) is 22.6 Å². The van der Waals surface area contributed by atoms with Gasteiger partial charge in [0.15, 0.2) is 0 Å². The van der Waals surface area contributed by atoms with Crippen LogP contribution in [0.15, 0.2) is 89.5 Å². The van der Waals surface area contributed by atoms with Gasteiger partial charge in [0.1, 0.15) is 24.3 Å². The summed E-state index contributed by atoms with van der Waals surface area (Å²) in [4.78, 5) is 40.4. The van der Waals surface area contributed by atoms with Gasteiger partial charge in [-0.15, -0.1) is 0 Å². The second kappa shape index (κ2) is 19.7. The number of nitro benzene ring substituents is 1. The van der Waals surface area contributed by atoms with Crippen molar-refractivity contribution in [1.82, 2.24) is 24.3 Å². The summed E-state index contributed by atoms with van der Waals surface area (Å²) in [5.41, 5.74) is 6.81. The Hall–Kier alpha value is -5.45. The number of hydrogen-bond donors (Lipinski definition) is 3. The minimum Gasteiger partial charge on any atom is -0.476 e. The van der Waals surface area contributed by atoms with E-state index in [1.54, 1.807) is 12.3 Å². The number of anilines is 4. The minimum atomic E-state index is -4.61. The first-order chi connectivity index (χ1) is 32.9. The van der Waals surface area contributed by atoms with Crippen LogP contribution in [0.1, 0.15) is 68.3 Å². The monoisotopic (exact) mass is 997 g/mol. The predicted molar refractivity (Wildman–Crippen MR) is 274 cm³/mol. The van der Waals surface area contributed by atoms with Crippen LogP contribution in [0, 0.1) is 21.4 Å². The van der Waals surface area contributed by atoms with E-state index in [1.807, 2.05) is 60.1 Å². The Labute approximate surface area is 409 Å². The van der Waals surface area contributed by atoms with Crippen molar-refractivity contribution in [3.05, 3.63) is 111 Å². The van der Waals surface area contributed by atoms with Crippen LogP contribution in [0.25, 0.3) is 16.6 Å². The fraction of sp³-hybridized carbons (Fsp3) is 0.440. The summed E-state index contributed by atoms with van der Waals surface area (Å²) in [6, 6.07) is 21.1. The number of ether oxygens (including phenoxy) is 1.